The van der Waals surface area contributed by atoms with Crippen molar-refractivity contribution >= 4 is 27.7 Å². The van der Waals surface area contributed by atoms with Crippen LogP contribution in [0.3, 0.4) is 0 Å². The Hall–Kier alpha value is 0.0100. The highest BCUT2D eigenvalue weighted by atomic mass is 79.9. The third-order valence-electron chi connectivity index (χ3n) is 4.55. The summed E-state index contributed by atoms with van der Waals surface area (Å²) in [5, 5.41) is 1.06. The Morgan fingerprint density at radius 2 is 2.28 bits per heavy atom. The van der Waals surface area contributed by atoms with E-state index in [-0.39, 0.29) is 0 Å². The molecule has 0 spiro atoms. The normalized spacial score (nSPS) is 34.8. The maximum atomic E-state index is 5.82. The van der Waals surface area contributed by atoms with E-state index in [9.17, 15) is 0 Å². The van der Waals surface area contributed by atoms with Crippen molar-refractivity contribution < 1.29 is 4.74 Å². The van der Waals surface area contributed by atoms with Gasteiger partial charge in [0.2, 0.25) is 0 Å². The monoisotopic (exact) mass is 326 g/mol. The number of fused-ring (bicyclic) bond motifs is 1. The predicted molar refractivity (Wildman–Crippen MR) is 80.8 cm³/mol. The third-order valence-corrected chi connectivity index (χ3v) is 6.92. The van der Waals surface area contributed by atoms with Crippen LogP contribution in [0.2, 0.25) is 0 Å². The highest BCUT2D eigenvalue weighted by Crippen LogP contribution is 2.49. The fraction of sp³-hybridized carbons (Fsp3) is 0.600. The van der Waals surface area contributed by atoms with Gasteiger partial charge in [-0.15, -0.1) is 11.8 Å². The summed E-state index contributed by atoms with van der Waals surface area (Å²) >= 11 is 5.75. The fourth-order valence-electron chi connectivity index (χ4n) is 3.21. The topological polar surface area (TPSA) is 9.23 Å². The van der Waals surface area contributed by atoms with E-state index in [1.54, 1.807) is 5.56 Å². The van der Waals surface area contributed by atoms with Crippen LogP contribution in [0.15, 0.2) is 29.2 Å². The van der Waals surface area contributed by atoms with Crippen molar-refractivity contribution in [1.29, 1.82) is 0 Å². The second kappa shape index (κ2) is 5.18. The van der Waals surface area contributed by atoms with Gasteiger partial charge >= 0.3 is 0 Å². The molecule has 0 radical (unpaired) electrons. The van der Waals surface area contributed by atoms with Gasteiger partial charge in [0.05, 0.1) is 6.10 Å². The first kappa shape index (κ1) is 13.0. The Balaban J connectivity index is 1.81. The van der Waals surface area contributed by atoms with E-state index in [0.717, 1.165) is 11.9 Å². The van der Waals surface area contributed by atoms with Crippen molar-refractivity contribution in [3.63, 3.8) is 0 Å². The molecular formula is C15H19BrOS. The summed E-state index contributed by atoms with van der Waals surface area (Å²) in [5.74, 6) is 1.94. The second-order valence-electron chi connectivity index (χ2n) is 5.51. The molecule has 2 heterocycles. The maximum absolute atomic E-state index is 5.82. The summed E-state index contributed by atoms with van der Waals surface area (Å²) in [5.41, 5.74) is 1.89. The number of hydrogen-bond acceptors (Lipinski definition) is 2. The van der Waals surface area contributed by atoms with Crippen LogP contribution >= 0.6 is 27.7 Å². The molecule has 3 rings (SSSR count). The lowest BCUT2D eigenvalue weighted by atomic mass is 9.75. The summed E-state index contributed by atoms with van der Waals surface area (Å²) in [6, 6.07) is 8.89. The zero-order chi connectivity index (χ0) is 12.6. The lowest BCUT2D eigenvalue weighted by molar-refractivity contribution is 0.0681. The lowest BCUT2D eigenvalue weighted by Gasteiger charge is -2.33. The number of alkyl halides is 1. The Morgan fingerprint density at radius 3 is 3.00 bits per heavy atom. The summed E-state index contributed by atoms with van der Waals surface area (Å²) < 4.78 is 5.82. The predicted octanol–water partition coefficient (Wildman–Crippen LogP) is 4.46. The minimum absolute atomic E-state index is 0.336. The second-order valence-corrected chi connectivity index (χ2v) is 7.13. The van der Waals surface area contributed by atoms with Gasteiger partial charge in [0.25, 0.3) is 0 Å². The molecule has 1 aromatic rings. The third kappa shape index (κ3) is 2.14. The lowest BCUT2D eigenvalue weighted by Crippen LogP contribution is -2.32. The van der Waals surface area contributed by atoms with Crippen LogP contribution in [0, 0.1) is 5.41 Å². The van der Waals surface area contributed by atoms with Gasteiger partial charge in [-0.25, -0.2) is 0 Å². The zero-order valence-electron chi connectivity index (χ0n) is 10.7. The van der Waals surface area contributed by atoms with Crippen molar-refractivity contribution in [3.05, 3.63) is 29.8 Å². The number of hydrogen-bond donors (Lipinski definition) is 0. The molecule has 0 amide bonds. The number of rotatable bonds is 3. The van der Waals surface area contributed by atoms with Crippen LogP contribution in [0.1, 0.15) is 31.2 Å². The highest BCUT2D eigenvalue weighted by molar-refractivity contribution is 9.09. The molecule has 1 fully saturated rings. The molecule has 0 saturated carbocycles. The number of ether oxygens (including phenoxy) is 1. The van der Waals surface area contributed by atoms with Gasteiger partial charge in [-0.2, -0.15) is 0 Å². The molecule has 1 saturated heterocycles. The van der Waals surface area contributed by atoms with E-state index in [1.165, 1.54) is 23.5 Å². The van der Waals surface area contributed by atoms with Crippen LogP contribution < -0.4 is 0 Å². The smallest absolute Gasteiger partial charge is 0.0612 e. The molecule has 0 aliphatic carbocycles. The van der Waals surface area contributed by atoms with Gasteiger partial charge < -0.3 is 4.74 Å². The van der Waals surface area contributed by atoms with Crippen LogP contribution in [0.4, 0.5) is 0 Å². The summed E-state index contributed by atoms with van der Waals surface area (Å²) in [7, 11) is 0. The van der Waals surface area contributed by atoms with Gasteiger partial charge in [-0.1, -0.05) is 34.1 Å². The van der Waals surface area contributed by atoms with Crippen molar-refractivity contribution in [2.45, 2.75) is 36.7 Å². The molecule has 0 N–H and O–H groups in total. The molecule has 18 heavy (non-hydrogen) atoms. The summed E-state index contributed by atoms with van der Waals surface area (Å²) in [6.07, 6.45) is 2.83. The van der Waals surface area contributed by atoms with E-state index in [1.807, 2.05) is 11.8 Å². The molecule has 3 unspecified atom stereocenters. The van der Waals surface area contributed by atoms with E-state index in [0.29, 0.717) is 17.4 Å². The Kier molecular flexibility index (Phi) is 3.75. The molecule has 2 aliphatic heterocycles. The molecule has 0 aromatic heterocycles. The first-order chi connectivity index (χ1) is 8.75. The first-order valence-electron chi connectivity index (χ1n) is 6.64. The Morgan fingerprint density at radius 1 is 1.44 bits per heavy atom. The van der Waals surface area contributed by atoms with Crippen molar-refractivity contribution in [1.82, 2.24) is 0 Å². The first-order valence-corrected chi connectivity index (χ1v) is 8.75. The molecule has 98 valence electrons. The number of benzene rings is 1. The number of thioether (sulfide) groups is 1. The van der Waals surface area contributed by atoms with E-state index < -0.39 is 0 Å². The molecule has 0 bridgehead atoms. The molecule has 3 atom stereocenters. The van der Waals surface area contributed by atoms with Crippen molar-refractivity contribution in [2.24, 2.45) is 5.41 Å². The number of halogens is 1. The summed E-state index contributed by atoms with van der Waals surface area (Å²) in [4.78, 5) is 1.48. The molecular weight excluding hydrogens is 308 g/mol. The molecule has 1 nitrogen and oxygen atoms in total. The van der Waals surface area contributed by atoms with Crippen LogP contribution in [0.25, 0.3) is 0 Å². The van der Waals surface area contributed by atoms with Crippen LogP contribution in [0.5, 0.6) is 0 Å². The molecule has 1 aromatic carbocycles. The highest BCUT2D eigenvalue weighted by Gasteiger charge is 2.43. The van der Waals surface area contributed by atoms with E-state index in [4.69, 9.17) is 4.74 Å². The largest absolute Gasteiger partial charge is 0.378 e. The Labute approximate surface area is 122 Å². The SMILES string of the molecule is CC1OCCC1(CBr)CC1CSc2ccccc21. The maximum Gasteiger partial charge on any atom is 0.0612 e. The van der Waals surface area contributed by atoms with Gasteiger partial charge in [-0.05, 0) is 37.3 Å². The van der Waals surface area contributed by atoms with Gasteiger partial charge in [0.1, 0.15) is 0 Å². The molecule has 2 aliphatic rings. The van der Waals surface area contributed by atoms with E-state index in [2.05, 4.69) is 47.1 Å². The van der Waals surface area contributed by atoms with Gasteiger partial charge in [0, 0.05) is 28.0 Å². The van der Waals surface area contributed by atoms with E-state index >= 15 is 0 Å². The standard InChI is InChI=1S/C15H19BrOS/c1-11-15(10-16,6-7-17-11)8-12-9-18-14-5-3-2-4-13(12)14/h2-5,11-12H,6-10H2,1H3. The quantitative estimate of drug-likeness (QED) is 0.758. The van der Waals surface area contributed by atoms with Crippen molar-refractivity contribution in [2.75, 3.05) is 17.7 Å². The minimum atomic E-state index is 0.336. The minimum Gasteiger partial charge on any atom is -0.378 e. The average Bonchev–Trinajstić information content (AvgIpc) is 2.96. The fourth-order valence-corrected chi connectivity index (χ4v) is 5.43. The summed E-state index contributed by atoms with van der Waals surface area (Å²) in [6.45, 7) is 3.16. The van der Waals surface area contributed by atoms with Crippen LogP contribution in [-0.4, -0.2) is 23.8 Å². The zero-order valence-corrected chi connectivity index (χ0v) is 13.1. The van der Waals surface area contributed by atoms with Crippen LogP contribution in [-0.2, 0) is 4.74 Å². The molecule has 3 heteroatoms. The van der Waals surface area contributed by atoms with Crippen molar-refractivity contribution in [3.8, 4) is 0 Å². The Bertz CT molecular complexity index is 436. The van der Waals surface area contributed by atoms with Gasteiger partial charge in [0.15, 0.2) is 0 Å². The van der Waals surface area contributed by atoms with Gasteiger partial charge in [-0.3, -0.25) is 0 Å². The average molecular weight is 327 g/mol.